The van der Waals surface area contributed by atoms with Gasteiger partial charge in [0.25, 0.3) is 0 Å². The van der Waals surface area contributed by atoms with Crippen molar-refractivity contribution in [2.24, 2.45) is 5.10 Å². The number of hydrazone groups is 1. The molecule has 2 aromatic rings. The van der Waals surface area contributed by atoms with E-state index in [0.29, 0.717) is 10.6 Å². The van der Waals surface area contributed by atoms with Crippen LogP contribution in [0.15, 0.2) is 59.7 Å². The molecule has 2 atom stereocenters. The SMILES string of the molecule is CCOC(=O)C1=NN[C@H](C(=O)c2ccccc2)[C@@H]1c1ccc(Cl)cc1. The number of hydrogen-bond donors (Lipinski definition) is 1. The zero-order valence-corrected chi connectivity index (χ0v) is 14.4. The van der Waals surface area contributed by atoms with E-state index in [2.05, 4.69) is 10.5 Å². The van der Waals surface area contributed by atoms with Crippen LogP contribution >= 0.6 is 11.6 Å². The zero-order valence-electron chi connectivity index (χ0n) is 13.6. The van der Waals surface area contributed by atoms with Crippen molar-refractivity contribution in [3.63, 3.8) is 0 Å². The molecule has 0 aromatic heterocycles. The third-order valence-corrected chi connectivity index (χ3v) is 4.26. The second-order valence-electron chi connectivity index (χ2n) is 5.58. The lowest BCUT2D eigenvalue weighted by atomic mass is 9.84. The van der Waals surface area contributed by atoms with Crippen LogP contribution < -0.4 is 5.43 Å². The number of halogens is 1. The first-order valence-corrected chi connectivity index (χ1v) is 8.34. The number of carbonyl (C=O) groups is 2. The highest BCUT2D eigenvalue weighted by molar-refractivity contribution is 6.40. The Morgan fingerprint density at radius 2 is 1.80 bits per heavy atom. The van der Waals surface area contributed by atoms with E-state index in [0.717, 1.165) is 5.56 Å². The quantitative estimate of drug-likeness (QED) is 0.660. The van der Waals surface area contributed by atoms with Gasteiger partial charge in [0.2, 0.25) is 0 Å². The van der Waals surface area contributed by atoms with E-state index in [4.69, 9.17) is 16.3 Å². The maximum atomic E-state index is 12.9. The fourth-order valence-electron chi connectivity index (χ4n) is 2.83. The molecule has 0 spiro atoms. The number of ketones is 1. The van der Waals surface area contributed by atoms with E-state index in [1.165, 1.54) is 0 Å². The van der Waals surface area contributed by atoms with Crippen LogP contribution in [-0.2, 0) is 9.53 Å². The molecule has 6 heteroatoms. The molecule has 25 heavy (non-hydrogen) atoms. The third kappa shape index (κ3) is 3.56. The molecule has 0 saturated carbocycles. The Kier molecular flexibility index (Phi) is 5.14. The number of ether oxygens (including phenoxy) is 1. The number of hydrogen-bond acceptors (Lipinski definition) is 5. The van der Waals surface area contributed by atoms with Gasteiger partial charge in [-0.1, -0.05) is 54.1 Å². The molecule has 0 bridgehead atoms. The molecule has 0 amide bonds. The number of Topliss-reactive ketones (excluding diaryl/α,β-unsaturated/α-hetero) is 1. The molecule has 5 nitrogen and oxygen atoms in total. The summed E-state index contributed by atoms with van der Waals surface area (Å²) >= 11 is 5.96. The van der Waals surface area contributed by atoms with Crippen molar-refractivity contribution in [2.75, 3.05) is 6.61 Å². The van der Waals surface area contributed by atoms with Crippen molar-refractivity contribution < 1.29 is 14.3 Å². The first-order valence-electron chi connectivity index (χ1n) is 7.96. The second-order valence-corrected chi connectivity index (χ2v) is 6.02. The molecule has 0 aliphatic carbocycles. The van der Waals surface area contributed by atoms with Crippen molar-refractivity contribution >= 4 is 29.1 Å². The number of nitrogens with zero attached hydrogens (tertiary/aromatic N) is 1. The zero-order chi connectivity index (χ0) is 17.8. The van der Waals surface area contributed by atoms with E-state index in [-0.39, 0.29) is 18.1 Å². The minimum atomic E-state index is -0.678. The Labute approximate surface area is 150 Å². The molecular formula is C19H17ClN2O3. The maximum Gasteiger partial charge on any atom is 0.355 e. The van der Waals surface area contributed by atoms with Gasteiger partial charge in [-0.2, -0.15) is 5.10 Å². The van der Waals surface area contributed by atoms with Gasteiger partial charge in [-0.25, -0.2) is 4.79 Å². The summed E-state index contributed by atoms with van der Waals surface area (Å²) < 4.78 is 5.09. The summed E-state index contributed by atoms with van der Waals surface area (Å²) in [6, 6.07) is 15.3. The second kappa shape index (κ2) is 7.49. The van der Waals surface area contributed by atoms with E-state index in [1.54, 1.807) is 55.5 Å². The Morgan fingerprint density at radius 3 is 2.44 bits per heavy atom. The van der Waals surface area contributed by atoms with Crippen molar-refractivity contribution in [1.82, 2.24) is 5.43 Å². The van der Waals surface area contributed by atoms with Gasteiger partial charge in [0, 0.05) is 10.6 Å². The van der Waals surface area contributed by atoms with Gasteiger partial charge in [-0.3, -0.25) is 10.2 Å². The number of nitrogens with one attached hydrogen (secondary N) is 1. The summed E-state index contributed by atoms with van der Waals surface area (Å²) in [6.07, 6.45) is 0. The molecule has 128 valence electrons. The molecule has 2 aromatic carbocycles. The van der Waals surface area contributed by atoms with E-state index in [9.17, 15) is 9.59 Å². The molecule has 3 rings (SSSR count). The summed E-state index contributed by atoms with van der Waals surface area (Å²) in [7, 11) is 0. The number of carbonyl (C=O) groups excluding carboxylic acids is 2. The average molecular weight is 357 g/mol. The predicted octanol–water partition coefficient (Wildman–Crippen LogP) is 3.20. The van der Waals surface area contributed by atoms with Gasteiger partial charge >= 0.3 is 5.97 Å². The fraction of sp³-hybridized carbons (Fsp3) is 0.211. The number of esters is 1. The van der Waals surface area contributed by atoms with Gasteiger partial charge in [0.15, 0.2) is 11.5 Å². The molecule has 1 aliphatic rings. The predicted molar refractivity (Wildman–Crippen MR) is 96.0 cm³/mol. The molecule has 0 radical (unpaired) electrons. The van der Waals surface area contributed by atoms with Crippen LogP contribution in [0.25, 0.3) is 0 Å². The summed E-state index contributed by atoms with van der Waals surface area (Å²) in [4.78, 5) is 25.2. The highest BCUT2D eigenvalue weighted by Crippen LogP contribution is 2.29. The van der Waals surface area contributed by atoms with Gasteiger partial charge < -0.3 is 4.74 Å². The first-order chi connectivity index (χ1) is 12.1. The summed E-state index contributed by atoms with van der Waals surface area (Å²) in [5.41, 5.74) is 4.33. The van der Waals surface area contributed by atoms with Gasteiger partial charge in [-0.15, -0.1) is 0 Å². The molecule has 0 fully saturated rings. The highest BCUT2D eigenvalue weighted by atomic mass is 35.5. The minimum Gasteiger partial charge on any atom is -0.461 e. The van der Waals surface area contributed by atoms with Crippen LogP contribution in [0.5, 0.6) is 0 Å². The standard InChI is InChI=1S/C19H17ClN2O3/c1-2-25-19(24)17-15(12-8-10-14(20)11-9-12)16(21-22-17)18(23)13-6-4-3-5-7-13/h3-11,15-16,21H,2H2,1H3/t15-,16-/m0/s1. The number of rotatable bonds is 5. The van der Waals surface area contributed by atoms with Crippen molar-refractivity contribution in [3.8, 4) is 0 Å². The van der Waals surface area contributed by atoms with E-state index in [1.807, 2.05) is 6.07 Å². The Hall–Kier alpha value is -2.66. The Bertz CT molecular complexity index is 803. The van der Waals surface area contributed by atoms with Crippen molar-refractivity contribution in [1.29, 1.82) is 0 Å². The molecule has 1 aliphatic heterocycles. The average Bonchev–Trinajstić information content (AvgIpc) is 3.08. The topological polar surface area (TPSA) is 67.8 Å². The van der Waals surface area contributed by atoms with Crippen LogP contribution in [-0.4, -0.2) is 30.1 Å². The molecule has 1 heterocycles. The van der Waals surface area contributed by atoms with E-state index >= 15 is 0 Å². The van der Waals surface area contributed by atoms with Crippen LogP contribution in [0.1, 0.15) is 28.8 Å². The molecular weight excluding hydrogens is 340 g/mol. The smallest absolute Gasteiger partial charge is 0.355 e. The van der Waals surface area contributed by atoms with Crippen molar-refractivity contribution in [2.45, 2.75) is 18.9 Å². The van der Waals surface area contributed by atoms with Crippen LogP contribution in [0.2, 0.25) is 5.02 Å². The minimum absolute atomic E-state index is 0.136. The molecule has 0 saturated heterocycles. The number of benzene rings is 2. The third-order valence-electron chi connectivity index (χ3n) is 4.01. The molecule has 1 N–H and O–H groups in total. The molecule has 0 unspecified atom stereocenters. The van der Waals surface area contributed by atoms with Crippen LogP contribution in [0.3, 0.4) is 0 Å². The largest absolute Gasteiger partial charge is 0.461 e. The lowest BCUT2D eigenvalue weighted by Crippen LogP contribution is -2.37. The lowest BCUT2D eigenvalue weighted by molar-refractivity contribution is -0.135. The monoisotopic (exact) mass is 356 g/mol. The highest BCUT2D eigenvalue weighted by Gasteiger charge is 2.41. The Balaban J connectivity index is 1.97. The van der Waals surface area contributed by atoms with Crippen LogP contribution in [0, 0.1) is 0 Å². The van der Waals surface area contributed by atoms with Gasteiger partial charge in [0.05, 0.1) is 12.5 Å². The van der Waals surface area contributed by atoms with Gasteiger partial charge in [-0.05, 0) is 24.6 Å². The fourth-order valence-corrected chi connectivity index (χ4v) is 2.96. The summed E-state index contributed by atoms with van der Waals surface area (Å²) in [5.74, 6) is -1.20. The van der Waals surface area contributed by atoms with Crippen molar-refractivity contribution in [3.05, 3.63) is 70.7 Å². The van der Waals surface area contributed by atoms with Crippen LogP contribution in [0.4, 0.5) is 0 Å². The van der Waals surface area contributed by atoms with Gasteiger partial charge in [0.1, 0.15) is 6.04 Å². The van der Waals surface area contributed by atoms with E-state index < -0.39 is 17.9 Å². The maximum absolute atomic E-state index is 12.9. The summed E-state index contributed by atoms with van der Waals surface area (Å²) in [5, 5.41) is 4.68. The normalized spacial score (nSPS) is 19.0. The lowest BCUT2D eigenvalue weighted by Gasteiger charge is -2.20. The Morgan fingerprint density at radius 1 is 1.12 bits per heavy atom. The first kappa shape index (κ1) is 17.2. The summed E-state index contributed by atoms with van der Waals surface area (Å²) in [6.45, 7) is 1.97.